The summed E-state index contributed by atoms with van der Waals surface area (Å²) in [6, 6.07) is 6.26. The van der Waals surface area contributed by atoms with Gasteiger partial charge in [0.2, 0.25) is 5.91 Å². The molecule has 0 saturated heterocycles. The second-order valence-corrected chi connectivity index (χ2v) is 6.56. The zero-order valence-corrected chi connectivity index (χ0v) is 15.0. The molecule has 0 aromatic heterocycles. The van der Waals surface area contributed by atoms with Crippen molar-refractivity contribution in [1.29, 1.82) is 0 Å². The quantitative estimate of drug-likeness (QED) is 0.428. The van der Waals surface area contributed by atoms with Crippen molar-refractivity contribution in [3.8, 4) is 0 Å². The number of aliphatic imine (C=N–C) groups is 1. The van der Waals surface area contributed by atoms with Crippen molar-refractivity contribution in [3.63, 3.8) is 0 Å². The molecule has 1 amide bonds. The average Bonchev–Trinajstić information content (AvgIpc) is 2.50. The van der Waals surface area contributed by atoms with Crippen LogP contribution in [0.5, 0.6) is 0 Å². The second kappa shape index (κ2) is 8.56. The van der Waals surface area contributed by atoms with E-state index in [-0.39, 0.29) is 11.3 Å². The summed E-state index contributed by atoms with van der Waals surface area (Å²) in [6.45, 7) is 10.8. The van der Waals surface area contributed by atoms with Crippen LogP contribution < -0.4 is 16.4 Å². The molecule has 5 nitrogen and oxygen atoms in total. The van der Waals surface area contributed by atoms with Crippen molar-refractivity contribution >= 4 is 17.6 Å². The molecule has 0 heterocycles. The smallest absolute Gasteiger partial charge is 0.225 e. The van der Waals surface area contributed by atoms with Crippen LogP contribution in [-0.4, -0.2) is 25.0 Å². The Balaban J connectivity index is 2.63. The molecular formula is C18H30N4O. The van der Waals surface area contributed by atoms with Crippen LogP contribution in [0.3, 0.4) is 0 Å². The Kier molecular flexibility index (Phi) is 7.07. The topological polar surface area (TPSA) is 79.5 Å². The minimum Gasteiger partial charge on any atom is -0.370 e. The van der Waals surface area contributed by atoms with Crippen LogP contribution in [0.15, 0.2) is 23.2 Å². The maximum absolute atomic E-state index is 11.8. The highest BCUT2D eigenvalue weighted by molar-refractivity contribution is 5.93. The first-order chi connectivity index (χ1) is 10.8. The van der Waals surface area contributed by atoms with Crippen LogP contribution in [-0.2, 0) is 17.6 Å². The first kappa shape index (κ1) is 19.0. The number of amides is 1. The van der Waals surface area contributed by atoms with E-state index in [0.29, 0.717) is 19.0 Å². The van der Waals surface area contributed by atoms with Gasteiger partial charge in [-0.05, 0) is 24.0 Å². The van der Waals surface area contributed by atoms with Gasteiger partial charge in [-0.3, -0.25) is 9.79 Å². The first-order valence-electron chi connectivity index (χ1n) is 8.25. The average molecular weight is 318 g/mol. The monoisotopic (exact) mass is 318 g/mol. The number of hydrogen-bond donors (Lipinski definition) is 3. The lowest BCUT2D eigenvalue weighted by molar-refractivity contribution is -0.128. The van der Waals surface area contributed by atoms with Gasteiger partial charge in [0.05, 0.1) is 6.54 Å². The third kappa shape index (κ3) is 5.93. The lowest BCUT2D eigenvalue weighted by Crippen LogP contribution is -2.36. The van der Waals surface area contributed by atoms with E-state index in [4.69, 9.17) is 5.73 Å². The molecule has 0 aliphatic heterocycles. The third-order valence-corrected chi connectivity index (χ3v) is 3.61. The van der Waals surface area contributed by atoms with Gasteiger partial charge in [0.1, 0.15) is 0 Å². The predicted molar refractivity (Wildman–Crippen MR) is 97.8 cm³/mol. The highest BCUT2D eigenvalue weighted by atomic mass is 16.2. The number of para-hydroxylation sites is 1. The lowest BCUT2D eigenvalue weighted by Gasteiger charge is -2.17. The fourth-order valence-corrected chi connectivity index (χ4v) is 2.18. The van der Waals surface area contributed by atoms with Crippen molar-refractivity contribution < 1.29 is 4.79 Å². The molecule has 1 aromatic rings. The third-order valence-electron chi connectivity index (χ3n) is 3.61. The number of hydrogen-bond acceptors (Lipinski definition) is 2. The van der Waals surface area contributed by atoms with Crippen molar-refractivity contribution in [2.24, 2.45) is 16.1 Å². The van der Waals surface area contributed by atoms with Crippen molar-refractivity contribution in [2.45, 2.75) is 47.5 Å². The summed E-state index contributed by atoms with van der Waals surface area (Å²) in [6.07, 6.45) is 1.87. The summed E-state index contributed by atoms with van der Waals surface area (Å²) >= 11 is 0. The number of benzene rings is 1. The molecule has 0 aliphatic carbocycles. The molecule has 23 heavy (non-hydrogen) atoms. The number of anilines is 1. The van der Waals surface area contributed by atoms with Crippen LogP contribution >= 0.6 is 0 Å². The van der Waals surface area contributed by atoms with E-state index in [0.717, 1.165) is 18.5 Å². The molecular weight excluding hydrogens is 288 g/mol. The molecule has 0 fully saturated rings. The number of carbonyl (C=O) groups excluding carboxylic acids is 1. The van der Waals surface area contributed by atoms with Gasteiger partial charge in [-0.2, -0.15) is 0 Å². The van der Waals surface area contributed by atoms with Crippen LogP contribution in [0, 0.1) is 5.41 Å². The molecule has 1 rings (SSSR count). The molecule has 1 aromatic carbocycles. The Morgan fingerprint density at radius 3 is 2.22 bits per heavy atom. The van der Waals surface area contributed by atoms with E-state index >= 15 is 0 Å². The Morgan fingerprint density at radius 2 is 1.74 bits per heavy atom. The summed E-state index contributed by atoms with van der Waals surface area (Å²) in [4.78, 5) is 16.1. The number of nitrogens with zero attached hydrogens (tertiary/aromatic N) is 1. The fraction of sp³-hybridized carbons (Fsp3) is 0.556. The normalized spacial score (nSPS) is 12.1. The molecule has 0 saturated carbocycles. The molecule has 0 spiro atoms. The molecule has 0 aliphatic rings. The largest absolute Gasteiger partial charge is 0.370 e. The summed E-state index contributed by atoms with van der Waals surface area (Å²) in [5.41, 5.74) is 9.10. The minimum absolute atomic E-state index is 0.0174. The number of rotatable bonds is 6. The predicted octanol–water partition coefficient (Wildman–Crippen LogP) is 2.70. The second-order valence-electron chi connectivity index (χ2n) is 6.56. The zero-order chi connectivity index (χ0) is 17.5. The molecule has 0 atom stereocenters. The molecule has 0 unspecified atom stereocenters. The minimum atomic E-state index is -0.385. The van der Waals surface area contributed by atoms with E-state index in [2.05, 4.69) is 47.7 Å². The van der Waals surface area contributed by atoms with Crippen molar-refractivity contribution in [3.05, 3.63) is 29.3 Å². The maximum Gasteiger partial charge on any atom is 0.225 e. The Hall–Kier alpha value is -2.04. The molecule has 5 heteroatoms. The van der Waals surface area contributed by atoms with Gasteiger partial charge in [0, 0.05) is 17.6 Å². The van der Waals surface area contributed by atoms with Gasteiger partial charge in [-0.15, -0.1) is 0 Å². The van der Waals surface area contributed by atoms with E-state index in [1.165, 1.54) is 11.1 Å². The number of carbonyl (C=O) groups is 1. The van der Waals surface area contributed by atoms with Crippen LogP contribution in [0.2, 0.25) is 0 Å². The fourth-order valence-electron chi connectivity index (χ4n) is 2.18. The Morgan fingerprint density at radius 1 is 1.17 bits per heavy atom. The van der Waals surface area contributed by atoms with Gasteiger partial charge >= 0.3 is 0 Å². The van der Waals surface area contributed by atoms with Crippen molar-refractivity contribution in [1.82, 2.24) is 5.32 Å². The van der Waals surface area contributed by atoms with E-state index in [9.17, 15) is 4.79 Å². The van der Waals surface area contributed by atoms with Crippen LogP contribution in [0.1, 0.15) is 45.7 Å². The number of guanidine groups is 1. The van der Waals surface area contributed by atoms with Gasteiger partial charge < -0.3 is 16.4 Å². The standard InChI is InChI=1S/C18H30N4O/c1-6-13-9-8-10-14(7-2)15(13)22-17(19)21-12-11-20-16(23)18(3,4)5/h8-10H,6-7,11-12H2,1-5H3,(H,20,23)(H3,19,21,22). The van der Waals surface area contributed by atoms with Gasteiger partial charge in [0.25, 0.3) is 0 Å². The lowest BCUT2D eigenvalue weighted by atomic mass is 9.96. The van der Waals surface area contributed by atoms with Crippen LogP contribution in [0.4, 0.5) is 5.69 Å². The zero-order valence-electron chi connectivity index (χ0n) is 15.0. The summed E-state index contributed by atoms with van der Waals surface area (Å²) in [5.74, 6) is 0.398. The number of nitrogens with two attached hydrogens (primary N) is 1. The Labute approximate surface area is 139 Å². The number of nitrogens with one attached hydrogen (secondary N) is 2. The summed E-state index contributed by atoms with van der Waals surface area (Å²) in [7, 11) is 0. The van der Waals surface area contributed by atoms with Gasteiger partial charge in [-0.1, -0.05) is 52.8 Å². The van der Waals surface area contributed by atoms with E-state index < -0.39 is 0 Å². The summed E-state index contributed by atoms with van der Waals surface area (Å²) < 4.78 is 0. The van der Waals surface area contributed by atoms with Crippen LogP contribution in [0.25, 0.3) is 0 Å². The van der Waals surface area contributed by atoms with E-state index in [1.807, 2.05) is 20.8 Å². The number of aryl methyl sites for hydroxylation is 2. The highest BCUT2D eigenvalue weighted by Crippen LogP contribution is 2.22. The maximum atomic E-state index is 11.8. The molecule has 0 bridgehead atoms. The molecule has 0 radical (unpaired) electrons. The highest BCUT2D eigenvalue weighted by Gasteiger charge is 2.20. The molecule has 4 N–H and O–H groups in total. The van der Waals surface area contributed by atoms with E-state index in [1.54, 1.807) is 0 Å². The SMILES string of the molecule is CCc1cccc(CC)c1NC(N)=NCCNC(=O)C(C)(C)C. The Bertz CT molecular complexity index is 536. The van der Waals surface area contributed by atoms with Gasteiger partial charge in [0.15, 0.2) is 5.96 Å². The first-order valence-corrected chi connectivity index (χ1v) is 8.25. The summed E-state index contributed by atoms with van der Waals surface area (Å²) in [5, 5.41) is 6.07. The van der Waals surface area contributed by atoms with Gasteiger partial charge in [-0.25, -0.2) is 0 Å². The molecule has 128 valence electrons. The van der Waals surface area contributed by atoms with Crippen molar-refractivity contribution in [2.75, 3.05) is 18.4 Å².